The van der Waals surface area contributed by atoms with Gasteiger partial charge in [0.1, 0.15) is 5.82 Å². The van der Waals surface area contributed by atoms with Gasteiger partial charge in [-0.05, 0) is 68.6 Å². The van der Waals surface area contributed by atoms with Crippen molar-refractivity contribution in [1.82, 2.24) is 9.55 Å². The molecule has 2 aliphatic rings. The van der Waals surface area contributed by atoms with E-state index in [1.807, 2.05) is 6.92 Å². The number of imidazole rings is 1. The van der Waals surface area contributed by atoms with Crippen LogP contribution in [-0.4, -0.2) is 9.55 Å². The number of benzene rings is 1. The number of hydrogen-bond donors (Lipinski definition) is 0. The van der Waals surface area contributed by atoms with Crippen molar-refractivity contribution in [3.63, 3.8) is 0 Å². The van der Waals surface area contributed by atoms with Gasteiger partial charge in [-0.25, -0.2) is 4.98 Å². The molecule has 4 rings (SSSR count). The number of hydrogen-bond acceptors (Lipinski definition) is 1. The number of halogens is 1. The molecule has 1 aromatic carbocycles. The summed E-state index contributed by atoms with van der Waals surface area (Å²) in [5, 5.41) is -0.0312. The Morgan fingerprint density at radius 1 is 1.33 bits per heavy atom. The number of aromatic nitrogens is 2. The molecule has 0 spiro atoms. The van der Waals surface area contributed by atoms with Crippen molar-refractivity contribution >= 4 is 22.6 Å². The average molecular weight is 303 g/mol. The number of aryl methyl sites for hydroxylation is 1. The summed E-state index contributed by atoms with van der Waals surface area (Å²) >= 11 is 6.40. The molecule has 21 heavy (non-hydrogen) atoms. The Hall–Kier alpha value is -1.02. The maximum Gasteiger partial charge on any atom is 0.127 e. The first-order valence-electron chi connectivity index (χ1n) is 8.22. The fraction of sp³-hybridized carbons (Fsp3) is 0.611. The summed E-state index contributed by atoms with van der Waals surface area (Å²) < 4.78 is 2.41. The zero-order chi connectivity index (χ0) is 14.6. The minimum Gasteiger partial charge on any atom is -0.326 e. The quantitative estimate of drug-likeness (QED) is 0.723. The van der Waals surface area contributed by atoms with E-state index in [4.69, 9.17) is 16.6 Å². The lowest BCUT2D eigenvalue weighted by atomic mass is 9.88. The van der Waals surface area contributed by atoms with Crippen LogP contribution in [0.15, 0.2) is 18.2 Å². The van der Waals surface area contributed by atoms with Gasteiger partial charge in [-0.3, -0.25) is 0 Å². The summed E-state index contributed by atoms with van der Waals surface area (Å²) in [6.07, 6.45) is 5.77. The Bertz CT molecular complexity index is 673. The Morgan fingerprint density at radius 2 is 2.19 bits per heavy atom. The van der Waals surface area contributed by atoms with Gasteiger partial charge in [-0.15, -0.1) is 11.6 Å². The second-order valence-corrected chi connectivity index (χ2v) is 7.78. The predicted molar refractivity (Wildman–Crippen MR) is 87.7 cm³/mol. The average Bonchev–Trinajstić information content (AvgIpc) is 3.13. The fourth-order valence-electron chi connectivity index (χ4n) is 4.58. The zero-order valence-corrected chi connectivity index (χ0v) is 13.6. The van der Waals surface area contributed by atoms with Gasteiger partial charge in [0.05, 0.1) is 16.4 Å². The molecule has 2 nitrogen and oxygen atoms in total. The lowest BCUT2D eigenvalue weighted by Gasteiger charge is -2.23. The first-order chi connectivity index (χ1) is 10.1. The molecule has 2 bridgehead atoms. The van der Waals surface area contributed by atoms with Crippen molar-refractivity contribution in [3.05, 3.63) is 29.6 Å². The van der Waals surface area contributed by atoms with E-state index in [2.05, 4.69) is 29.7 Å². The molecular formula is C18H23ClN2. The molecule has 4 atom stereocenters. The molecule has 0 N–H and O–H groups in total. The van der Waals surface area contributed by atoms with Crippen LogP contribution in [0.5, 0.6) is 0 Å². The molecule has 4 unspecified atom stereocenters. The van der Waals surface area contributed by atoms with Gasteiger partial charge < -0.3 is 4.57 Å². The van der Waals surface area contributed by atoms with Gasteiger partial charge in [0.15, 0.2) is 0 Å². The largest absolute Gasteiger partial charge is 0.326 e. The monoisotopic (exact) mass is 302 g/mol. The Labute approximate surface area is 131 Å². The van der Waals surface area contributed by atoms with Crippen LogP contribution in [-0.2, 0) is 6.54 Å². The van der Waals surface area contributed by atoms with E-state index in [0.29, 0.717) is 0 Å². The first kappa shape index (κ1) is 13.6. The molecule has 3 heteroatoms. The standard InChI is InChI=1S/C18H23ClN2/c1-11-3-6-16-17(7-11)21(18(20-16)12(2)19)10-15-9-13-4-5-14(15)8-13/h3,6-7,12-15H,4-5,8-10H2,1-2H3. The number of alkyl halides is 1. The molecule has 0 amide bonds. The highest BCUT2D eigenvalue weighted by Gasteiger charge is 2.39. The highest BCUT2D eigenvalue weighted by atomic mass is 35.5. The lowest BCUT2D eigenvalue weighted by Crippen LogP contribution is -2.19. The molecular weight excluding hydrogens is 280 g/mol. The second-order valence-electron chi connectivity index (χ2n) is 7.12. The molecule has 2 aliphatic carbocycles. The summed E-state index contributed by atoms with van der Waals surface area (Å²) in [7, 11) is 0. The van der Waals surface area contributed by atoms with Crippen LogP contribution in [0, 0.1) is 24.7 Å². The highest BCUT2D eigenvalue weighted by Crippen LogP contribution is 2.49. The SMILES string of the molecule is Cc1ccc2nc(C(C)Cl)n(CC3CC4CCC3C4)c2c1. The van der Waals surface area contributed by atoms with Crippen LogP contribution in [0.1, 0.15) is 49.4 Å². The van der Waals surface area contributed by atoms with E-state index in [1.165, 1.54) is 36.8 Å². The molecule has 0 radical (unpaired) electrons. The van der Waals surface area contributed by atoms with Gasteiger partial charge in [-0.1, -0.05) is 12.5 Å². The Balaban J connectivity index is 1.75. The molecule has 0 saturated heterocycles. The summed E-state index contributed by atoms with van der Waals surface area (Å²) in [5.41, 5.74) is 3.65. The number of rotatable bonds is 3. The van der Waals surface area contributed by atoms with E-state index in [9.17, 15) is 0 Å². The van der Waals surface area contributed by atoms with Crippen LogP contribution in [0.3, 0.4) is 0 Å². The Kier molecular flexibility index (Phi) is 3.25. The van der Waals surface area contributed by atoms with Gasteiger partial charge in [0, 0.05) is 6.54 Å². The van der Waals surface area contributed by atoms with Gasteiger partial charge in [0.25, 0.3) is 0 Å². The third-order valence-electron chi connectivity index (χ3n) is 5.59. The maximum atomic E-state index is 6.40. The van der Waals surface area contributed by atoms with Crippen molar-refractivity contribution in [2.75, 3.05) is 0 Å². The van der Waals surface area contributed by atoms with Crippen molar-refractivity contribution in [3.8, 4) is 0 Å². The van der Waals surface area contributed by atoms with Crippen molar-refractivity contribution < 1.29 is 0 Å². The summed E-state index contributed by atoms with van der Waals surface area (Å²) in [5.74, 6) is 3.81. The summed E-state index contributed by atoms with van der Waals surface area (Å²) in [6.45, 7) is 5.29. The molecule has 0 aliphatic heterocycles. The predicted octanol–water partition coefficient (Wildman–Crippen LogP) is 5.08. The second kappa shape index (κ2) is 5.01. The lowest BCUT2D eigenvalue weighted by molar-refractivity contribution is 0.295. The van der Waals surface area contributed by atoms with Crippen LogP contribution in [0.25, 0.3) is 11.0 Å². The van der Waals surface area contributed by atoms with E-state index in [1.54, 1.807) is 0 Å². The van der Waals surface area contributed by atoms with Gasteiger partial charge in [-0.2, -0.15) is 0 Å². The minimum absolute atomic E-state index is 0.0312. The molecule has 2 fully saturated rings. The summed E-state index contributed by atoms with van der Waals surface area (Å²) in [6, 6.07) is 6.53. The van der Waals surface area contributed by atoms with Crippen molar-refractivity contribution in [2.24, 2.45) is 17.8 Å². The first-order valence-corrected chi connectivity index (χ1v) is 8.66. The van der Waals surface area contributed by atoms with E-state index in [-0.39, 0.29) is 5.38 Å². The minimum atomic E-state index is -0.0312. The van der Waals surface area contributed by atoms with Crippen LogP contribution >= 0.6 is 11.6 Å². The molecule has 2 aromatic rings. The maximum absolute atomic E-state index is 6.40. The van der Waals surface area contributed by atoms with Crippen LogP contribution in [0.4, 0.5) is 0 Å². The number of nitrogens with zero attached hydrogens (tertiary/aromatic N) is 2. The van der Waals surface area contributed by atoms with E-state index < -0.39 is 0 Å². The molecule has 2 saturated carbocycles. The Morgan fingerprint density at radius 3 is 2.86 bits per heavy atom. The van der Waals surface area contributed by atoms with Crippen LogP contribution in [0.2, 0.25) is 0 Å². The number of fused-ring (bicyclic) bond motifs is 3. The molecule has 1 aromatic heterocycles. The fourth-order valence-corrected chi connectivity index (χ4v) is 4.75. The van der Waals surface area contributed by atoms with Crippen LogP contribution < -0.4 is 0 Å². The van der Waals surface area contributed by atoms with Gasteiger partial charge in [0.2, 0.25) is 0 Å². The third kappa shape index (κ3) is 2.28. The van der Waals surface area contributed by atoms with Crippen molar-refractivity contribution in [1.29, 1.82) is 0 Å². The van der Waals surface area contributed by atoms with E-state index >= 15 is 0 Å². The van der Waals surface area contributed by atoms with E-state index in [0.717, 1.165) is 35.6 Å². The molecule has 112 valence electrons. The molecule has 1 heterocycles. The van der Waals surface area contributed by atoms with Gasteiger partial charge >= 0.3 is 0 Å². The highest BCUT2D eigenvalue weighted by molar-refractivity contribution is 6.20. The van der Waals surface area contributed by atoms with Crippen molar-refractivity contribution in [2.45, 2.75) is 51.5 Å². The third-order valence-corrected chi connectivity index (χ3v) is 5.79. The normalized spacial score (nSPS) is 29.4. The smallest absolute Gasteiger partial charge is 0.127 e. The summed E-state index contributed by atoms with van der Waals surface area (Å²) in [4.78, 5) is 4.79. The topological polar surface area (TPSA) is 17.8 Å². The zero-order valence-electron chi connectivity index (χ0n) is 12.8.